The molecule has 0 bridgehead atoms. The molecule has 2 nitrogen and oxygen atoms in total. The molecule has 0 aromatic heterocycles. The molecule has 2 rings (SSSR count). The van der Waals surface area contributed by atoms with Crippen LogP contribution < -0.4 is 0 Å². The van der Waals surface area contributed by atoms with Crippen LogP contribution in [0.15, 0.2) is 11.8 Å². The van der Waals surface area contributed by atoms with Gasteiger partial charge >= 0.3 is 0 Å². The lowest BCUT2D eigenvalue weighted by molar-refractivity contribution is 0.0517. The summed E-state index contributed by atoms with van der Waals surface area (Å²) >= 11 is 0. The van der Waals surface area contributed by atoms with Crippen molar-refractivity contribution in [2.45, 2.75) is 51.4 Å². The zero-order valence-electron chi connectivity index (χ0n) is 10.4. The number of rotatable bonds is 1. The van der Waals surface area contributed by atoms with Gasteiger partial charge in [0.15, 0.2) is 0 Å². The molecule has 92 valence electrons. The first kappa shape index (κ1) is 12.0. The van der Waals surface area contributed by atoms with Crippen molar-refractivity contribution >= 4 is 0 Å². The topological polar surface area (TPSA) is 12.5 Å². The molecule has 1 heterocycles. The maximum Gasteiger partial charge on any atom is 0.0642 e. The Morgan fingerprint density at radius 2 is 1.56 bits per heavy atom. The molecule has 0 unspecified atom stereocenters. The summed E-state index contributed by atoms with van der Waals surface area (Å²) in [6, 6.07) is 0. The highest BCUT2D eigenvalue weighted by molar-refractivity contribution is 5.02. The number of hydrogen-bond acceptors (Lipinski definition) is 2. The third-order valence-electron chi connectivity index (χ3n) is 3.68. The molecule has 2 heteroatoms. The average molecular weight is 223 g/mol. The SMILES string of the molecule is C1=C(N2CCOCC2)CCCCCCCC1. The number of ether oxygens (including phenoxy) is 1. The van der Waals surface area contributed by atoms with Crippen molar-refractivity contribution in [2.75, 3.05) is 26.3 Å². The van der Waals surface area contributed by atoms with E-state index in [4.69, 9.17) is 4.74 Å². The second-order valence-electron chi connectivity index (χ2n) is 4.95. The van der Waals surface area contributed by atoms with Crippen molar-refractivity contribution in [2.24, 2.45) is 0 Å². The highest BCUT2D eigenvalue weighted by atomic mass is 16.5. The molecule has 1 aliphatic heterocycles. The van der Waals surface area contributed by atoms with E-state index >= 15 is 0 Å². The number of allylic oxidation sites excluding steroid dienone is 2. The number of morpholine rings is 1. The summed E-state index contributed by atoms with van der Waals surface area (Å²) in [4.78, 5) is 2.55. The highest BCUT2D eigenvalue weighted by Gasteiger charge is 2.13. The summed E-state index contributed by atoms with van der Waals surface area (Å²) in [6.45, 7) is 4.03. The smallest absolute Gasteiger partial charge is 0.0642 e. The van der Waals surface area contributed by atoms with E-state index in [1.165, 1.54) is 51.4 Å². The van der Waals surface area contributed by atoms with Gasteiger partial charge in [0.05, 0.1) is 13.2 Å². The average Bonchev–Trinajstić information content (AvgIpc) is 2.37. The fourth-order valence-electron chi connectivity index (χ4n) is 2.67. The van der Waals surface area contributed by atoms with Crippen LogP contribution in [0.3, 0.4) is 0 Å². The minimum absolute atomic E-state index is 0.914. The standard InChI is InChI=1S/C14H25NO/c1-2-4-6-8-14(9-7-5-3-1)15-10-12-16-13-11-15/h8H,1-7,9-13H2. The second kappa shape index (κ2) is 6.95. The zero-order chi connectivity index (χ0) is 11.1. The molecule has 1 fully saturated rings. The van der Waals surface area contributed by atoms with Crippen LogP contribution in [0.1, 0.15) is 51.4 Å². The molecule has 0 aromatic rings. The summed E-state index contributed by atoms with van der Waals surface area (Å²) < 4.78 is 5.42. The fraction of sp³-hybridized carbons (Fsp3) is 0.857. The van der Waals surface area contributed by atoms with Gasteiger partial charge in [-0.15, -0.1) is 0 Å². The van der Waals surface area contributed by atoms with E-state index in [9.17, 15) is 0 Å². The summed E-state index contributed by atoms with van der Waals surface area (Å²) in [5, 5.41) is 0. The third-order valence-corrected chi connectivity index (χ3v) is 3.68. The van der Waals surface area contributed by atoms with Crippen molar-refractivity contribution in [3.8, 4) is 0 Å². The molecule has 16 heavy (non-hydrogen) atoms. The Hall–Kier alpha value is -0.500. The van der Waals surface area contributed by atoms with Crippen LogP contribution in [0.25, 0.3) is 0 Å². The van der Waals surface area contributed by atoms with Gasteiger partial charge in [-0.3, -0.25) is 0 Å². The molecule has 1 saturated heterocycles. The first-order chi connectivity index (χ1) is 7.97. The minimum atomic E-state index is 0.914. The Labute approximate surface area is 99.7 Å². The molecule has 0 saturated carbocycles. The van der Waals surface area contributed by atoms with Crippen molar-refractivity contribution in [1.82, 2.24) is 4.90 Å². The second-order valence-corrected chi connectivity index (χ2v) is 4.95. The van der Waals surface area contributed by atoms with Gasteiger partial charge in [-0.2, -0.15) is 0 Å². The Morgan fingerprint density at radius 3 is 2.38 bits per heavy atom. The molecule has 0 amide bonds. The van der Waals surface area contributed by atoms with Gasteiger partial charge in [-0.05, 0) is 25.7 Å². The van der Waals surface area contributed by atoms with E-state index in [2.05, 4.69) is 11.0 Å². The Bertz CT molecular complexity index is 219. The normalized spacial score (nSPS) is 25.0. The van der Waals surface area contributed by atoms with E-state index < -0.39 is 0 Å². The fourth-order valence-corrected chi connectivity index (χ4v) is 2.67. The highest BCUT2D eigenvalue weighted by Crippen LogP contribution is 2.20. The van der Waals surface area contributed by atoms with Gasteiger partial charge in [0.1, 0.15) is 0 Å². The van der Waals surface area contributed by atoms with Crippen LogP contribution in [-0.2, 0) is 4.74 Å². The van der Waals surface area contributed by atoms with Crippen LogP contribution in [0.2, 0.25) is 0 Å². The first-order valence-corrected chi connectivity index (χ1v) is 6.98. The number of nitrogens with zero attached hydrogens (tertiary/aromatic N) is 1. The van der Waals surface area contributed by atoms with Crippen LogP contribution in [-0.4, -0.2) is 31.2 Å². The Balaban J connectivity index is 1.89. The summed E-state index contributed by atoms with van der Waals surface area (Å²) in [7, 11) is 0. The first-order valence-electron chi connectivity index (χ1n) is 6.98. The summed E-state index contributed by atoms with van der Waals surface area (Å²) in [5.74, 6) is 0. The maximum absolute atomic E-state index is 5.42. The largest absolute Gasteiger partial charge is 0.378 e. The quantitative estimate of drug-likeness (QED) is 0.676. The molecule has 0 radical (unpaired) electrons. The van der Waals surface area contributed by atoms with E-state index in [0.717, 1.165) is 26.3 Å². The predicted octanol–water partition coefficient (Wildman–Crippen LogP) is 3.34. The van der Waals surface area contributed by atoms with E-state index in [0.29, 0.717) is 0 Å². The van der Waals surface area contributed by atoms with Gasteiger partial charge in [-0.1, -0.05) is 31.8 Å². The monoisotopic (exact) mass is 223 g/mol. The van der Waals surface area contributed by atoms with Gasteiger partial charge < -0.3 is 9.64 Å². The van der Waals surface area contributed by atoms with E-state index in [1.54, 1.807) is 5.70 Å². The van der Waals surface area contributed by atoms with Crippen molar-refractivity contribution < 1.29 is 4.74 Å². The molecule has 0 N–H and O–H groups in total. The van der Waals surface area contributed by atoms with Crippen LogP contribution in [0.4, 0.5) is 0 Å². The summed E-state index contributed by atoms with van der Waals surface area (Å²) in [5.41, 5.74) is 1.60. The number of hydrogen-bond donors (Lipinski definition) is 0. The molecule has 1 aliphatic carbocycles. The molecule has 0 atom stereocenters. The van der Waals surface area contributed by atoms with Crippen LogP contribution in [0.5, 0.6) is 0 Å². The van der Waals surface area contributed by atoms with Gasteiger partial charge in [-0.25, -0.2) is 0 Å². The summed E-state index contributed by atoms with van der Waals surface area (Å²) in [6.07, 6.45) is 13.6. The van der Waals surface area contributed by atoms with Crippen LogP contribution in [0, 0.1) is 0 Å². The molecule has 0 spiro atoms. The molecule has 0 aromatic carbocycles. The van der Waals surface area contributed by atoms with Gasteiger partial charge in [0, 0.05) is 18.8 Å². The minimum Gasteiger partial charge on any atom is -0.378 e. The van der Waals surface area contributed by atoms with E-state index in [-0.39, 0.29) is 0 Å². The Kier molecular flexibility index (Phi) is 5.20. The lowest BCUT2D eigenvalue weighted by Gasteiger charge is -2.31. The van der Waals surface area contributed by atoms with Gasteiger partial charge in [0.25, 0.3) is 0 Å². The Morgan fingerprint density at radius 1 is 0.875 bits per heavy atom. The molecular formula is C14H25NO. The van der Waals surface area contributed by atoms with Crippen LogP contribution >= 0.6 is 0 Å². The molecular weight excluding hydrogens is 198 g/mol. The maximum atomic E-state index is 5.42. The van der Waals surface area contributed by atoms with Crippen molar-refractivity contribution in [3.05, 3.63) is 11.8 Å². The lowest BCUT2D eigenvalue weighted by atomic mass is 10.0. The van der Waals surface area contributed by atoms with E-state index in [1.807, 2.05) is 0 Å². The molecule has 2 aliphatic rings. The third kappa shape index (κ3) is 3.82. The zero-order valence-corrected chi connectivity index (χ0v) is 10.4. The van der Waals surface area contributed by atoms with Gasteiger partial charge in [0.2, 0.25) is 0 Å². The lowest BCUT2D eigenvalue weighted by Crippen LogP contribution is -2.35. The predicted molar refractivity (Wildman–Crippen MR) is 67.4 cm³/mol. The van der Waals surface area contributed by atoms with Crippen molar-refractivity contribution in [3.63, 3.8) is 0 Å². The van der Waals surface area contributed by atoms with Crippen molar-refractivity contribution in [1.29, 1.82) is 0 Å².